The number of aliphatic hydroxyl groups is 1. The van der Waals surface area contributed by atoms with Gasteiger partial charge in [-0.2, -0.15) is 0 Å². The van der Waals surface area contributed by atoms with Gasteiger partial charge in [0.1, 0.15) is 0 Å². The van der Waals surface area contributed by atoms with Gasteiger partial charge in [-0.05, 0) is 35.4 Å². The van der Waals surface area contributed by atoms with E-state index in [1.807, 2.05) is 16.8 Å². The van der Waals surface area contributed by atoms with Gasteiger partial charge in [0.05, 0.1) is 6.10 Å². The summed E-state index contributed by atoms with van der Waals surface area (Å²) in [6.07, 6.45) is 0.381. The molecule has 0 bridgehead atoms. The molecule has 1 unspecified atom stereocenters. The number of aryl methyl sites for hydroxylation is 1. The number of aliphatic hydroxyl groups excluding tert-OH is 1. The zero-order valence-electron chi connectivity index (χ0n) is 7.93. The van der Waals surface area contributed by atoms with Crippen LogP contribution in [0.4, 0.5) is 0 Å². The lowest BCUT2D eigenvalue weighted by Crippen LogP contribution is -1.98. The third-order valence-corrected chi connectivity index (χ3v) is 3.89. The molecule has 0 aliphatic rings. The first kappa shape index (κ1) is 9.90. The molecule has 1 N–H and O–H groups in total. The Balaban J connectivity index is 2.06. The van der Waals surface area contributed by atoms with Crippen LogP contribution in [0.3, 0.4) is 0 Å². The maximum atomic E-state index is 9.92. The Hall–Kier alpha value is -0.640. The van der Waals surface area contributed by atoms with E-state index in [0.29, 0.717) is 0 Å². The summed E-state index contributed by atoms with van der Waals surface area (Å²) in [5.41, 5.74) is 1.04. The average Bonchev–Trinajstić information content (AvgIpc) is 2.75. The van der Waals surface area contributed by atoms with Crippen LogP contribution >= 0.6 is 22.7 Å². The molecule has 2 rings (SSSR count). The number of rotatable bonds is 3. The number of hydrogen-bond donors (Lipinski definition) is 1. The van der Waals surface area contributed by atoms with Crippen LogP contribution < -0.4 is 0 Å². The van der Waals surface area contributed by atoms with E-state index in [-0.39, 0.29) is 6.10 Å². The molecular weight excluding hydrogens is 212 g/mol. The maximum Gasteiger partial charge on any atom is 0.0846 e. The molecule has 0 aliphatic carbocycles. The maximum absolute atomic E-state index is 9.92. The lowest BCUT2D eigenvalue weighted by molar-refractivity contribution is 0.180. The van der Waals surface area contributed by atoms with E-state index < -0.39 is 0 Å². The van der Waals surface area contributed by atoms with Crippen LogP contribution in [0.1, 0.15) is 21.4 Å². The van der Waals surface area contributed by atoms with Gasteiger partial charge in [0.15, 0.2) is 0 Å². The second kappa shape index (κ2) is 4.26. The Labute approximate surface area is 91.7 Å². The van der Waals surface area contributed by atoms with Crippen molar-refractivity contribution in [3.05, 3.63) is 44.3 Å². The third-order valence-electron chi connectivity index (χ3n) is 2.11. The van der Waals surface area contributed by atoms with Gasteiger partial charge in [0.25, 0.3) is 0 Å². The summed E-state index contributed by atoms with van der Waals surface area (Å²) in [6.45, 7) is 2.06. The van der Waals surface area contributed by atoms with E-state index in [1.165, 1.54) is 9.75 Å². The topological polar surface area (TPSA) is 20.2 Å². The fraction of sp³-hybridized carbons (Fsp3) is 0.273. The number of thiophene rings is 2. The molecule has 0 aliphatic heterocycles. The highest BCUT2D eigenvalue weighted by atomic mass is 32.1. The van der Waals surface area contributed by atoms with Crippen molar-refractivity contribution < 1.29 is 5.11 Å². The third kappa shape index (κ3) is 2.23. The highest BCUT2D eigenvalue weighted by molar-refractivity contribution is 7.10. The first-order valence-electron chi connectivity index (χ1n) is 4.51. The van der Waals surface area contributed by atoms with E-state index in [9.17, 15) is 5.11 Å². The highest BCUT2D eigenvalue weighted by Gasteiger charge is 2.10. The second-order valence-electron chi connectivity index (χ2n) is 3.29. The minimum Gasteiger partial charge on any atom is -0.388 e. The summed E-state index contributed by atoms with van der Waals surface area (Å²) < 4.78 is 0. The average molecular weight is 224 g/mol. The van der Waals surface area contributed by atoms with Gasteiger partial charge in [-0.15, -0.1) is 22.7 Å². The smallest absolute Gasteiger partial charge is 0.0846 e. The quantitative estimate of drug-likeness (QED) is 0.847. The molecule has 2 aromatic heterocycles. The lowest BCUT2D eigenvalue weighted by atomic mass is 10.1. The molecule has 0 radical (unpaired) electrons. The standard InChI is InChI=1S/C11H12OS2/c1-8-5-9(7-14-8)11(12)6-10-3-2-4-13-10/h2-5,7,11-12H,6H2,1H3. The molecule has 0 spiro atoms. The molecule has 74 valence electrons. The van der Waals surface area contributed by atoms with Crippen LogP contribution in [0.2, 0.25) is 0 Å². The van der Waals surface area contributed by atoms with Crippen molar-refractivity contribution in [2.24, 2.45) is 0 Å². The molecule has 1 atom stereocenters. The zero-order valence-corrected chi connectivity index (χ0v) is 9.57. The van der Waals surface area contributed by atoms with Crippen molar-refractivity contribution in [3.63, 3.8) is 0 Å². The van der Waals surface area contributed by atoms with E-state index in [0.717, 1.165) is 12.0 Å². The molecule has 0 aromatic carbocycles. The minimum atomic E-state index is -0.349. The predicted molar refractivity (Wildman–Crippen MR) is 62.0 cm³/mol. The Morgan fingerprint density at radius 3 is 2.86 bits per heavy atom. The predicted octanol–water partition coefficient (Wildman–Crippen LogP) is 3.39. The van der Waals surface area contributed by atoms with Gasteiger partial charge in [-0.3, -0.25) is 0 Å². The number of hydrogen-bond acceptors (Lipinski definition) is 3. The van der Waals surface area contributed by atoms with E-state index in [4.69, 9.17) is 0 Å². The van der Waals surface area contributed by atoms with Crippen molar-refractivity contribution in [1.29, 1.82) is 0 Å². The van der Waals surface area contributed by atoms with Gasteiger partial charge in [-0.25, -0.2) is 0 Å². The summed E-state index contributed by atoms with van der Waals surface area (Å²) in [4.78, 5) is 2.49. The van der Waals surface area contributed by atoms with Crippen molar-refractivity contribution in [3.8, 4) is 0 Å². The van der Waals surface area contributed by atoms with E-state index >= 15 is 0 Å². The monoisotopic (exact) mass is 224 g/mol. The summed E-state index contributed by atoms with van der Waals surface area (Å²) in [5.74, 6) is 0. The highest BCUT2D eigenvalue weighted by Crippen LogP contribution is 2.24. The fourth-order valence-electron chi connectivity index (χ4n) is 1.38. The van der Waals surface area contributed by atoms with Crippen LogP contribution in [-0.4, -0.2) is 5.11 Å². The molecule has 2 aromatic rings. The first-order chi connectivity index (χ1) is 6.75. The van der Waals surface area contributed by atoms with Crippen molar-refractivity contribution >= 4 is 22.7 Å². The summed E-state index contributed by atoms with van der Waals surface area (Å²) in [6, 6.07) is 6.14. The van der Waals surface area contributed by atoms with Crippen molar-refractivity contribution in [1.82, 2.24) is 0 Å². The molecule has 0 saturated carbocycles. The SMILES string of the molecule is Cc1cc(C(O)Cc2cccs2)cs1. The van der Waals surface area contributed by atoms with Crippen molar-refractivity contribution in [2.75, 3.05) is 0 Å². The Morgan fingerprint density at radius 1 is 1.43 bits per heavy atom. The van der Waals surface area contributed by atoms with Gasteiger partial charge >= 0.3 is 0 Å². The summed E-state index contributed by atoms with van der Waals surface area (Å²) in [5, 5.41) is 14.0. The van der Waals surface area contributed by atoms with Gasteiger partial charge in [-0.1, -0.05) is 6.07 Å². The van der Waals surface area contributed by atoms with E-state index in [2.05, 4.69) is 19.1 Å². The molecular formula is C11H12OS2. The summed E-state index contributed by atoms with van der Waals surface area (Å²) in [7, 11) is 0. The van der Waals surface area contributed by atoms with Crippen LogP contribution in [0.15, 0.2) is 29.0 Å². The zero-order chi connectivity index (χ0) is 9.97. The first-order valence-corrected chi connectivity index (χ1v) is 6.27. The molecule has 2 heterocycles. The lowest BCUT2D eigenvalue weighted by Gasteiger charge is -2.06. The van der Waals surface area contributed by atoms with Gasteiger partial charge in [0.2, 0.25) is 0 Å². The molecule has 0 amide bonds. The molecule has 14 heavy (non-hydrogen) atoms. The Kier molecular flexibility index (Phi) is 3.01. The molecule has 0 fully saturated rings. The molecule has 3 heteroatoms. The Morgan fingerprint density at radius 2 is 2.29 bits per heavy atom. The second-order valence-corrected chi connectivity index (χ2v) is 5.44. The fourth-order valence-corrected chi connectivity index (χ4v) is 2.87. The van der Waals surface area contributed by atoms with Crippen LogP contribution in [-0.2, 0) is 6.42 Å². The van der Waals surface area contributed by atoms with Crippen molar-refractivity contribution in [2.45, 2.75) is 19.4 Å². The molecule has 1 nitrogen and oxygen atoms in total. The van der Waals surface area contributed by atoms with Crippen LogP contribution in [0, 0.1) is 6.92 Å². The normalized spacial score (nSPS) is 13.0. The van der Waals surface area contributed by atoms with Crippen LogP contribution in [0.25, 0.3) is 0 Å². The van der Waals surface area contributed by atoms with Gasteiger partial charge < -0.3 is 5.11 Å². The van der Waals surface area contributed by atoms with E-state index in [1.54, 1.807) is 22.7 Å². The van der Waals surface area contributed by atoms with Gasteiger partial charge in [0, 0.05) is 16.2 Å². The molecule has 0 saturated heterocycles. The Bertz CT molecular complexity index is 389. The summed E-state index contributed by atoms with van der Waals surface area (Å²) >= 11 is 3.38. The minimum absolute atomic E-state index is 0.349. The largest absolute Gasteiger partial charge is 0.388 e. The van der Waals surface area contributed by atoms with Crippen LogP contribution in [0.5, 0.6) is 0 Å².